The maximum absolute atomic E-state index is 12.4. The average Bonchev–Trinajstić information content (AvgIpc) is 3.25. The molecule has 31 heavy (non-hydrogen) atoms. The second kappa shape index (κ2) is 8.87. The van der Waals surface area contributed by atoms with Crippen molar-refractivity contribution in [2.75, 3.05) is 20.8 Å². The van der Waals surface area contributed by atoms with Gasteiger partial charge < -0.3 is 19.5 Å². The molecule has 3 aromatic rings. The Labute approximate surface area is 180 Å². The van der Waals surface area contributed by atoms with Gasteiger partial charge in [0.2, 0.25) is 0 Å². The summed E-state index contributed by atoms with van der Waals surface area (Å²) in [5.74, 6) is 0.861. The number of hydrogen-bond acceptors (Lipinski definition) is 6. The number of aromatic nitrogens is 1. The lowest BCUT2D eigenvalue weighted by molar-refractivity contribution is 0.0600. The van der Waals surface area contributed by atoms with Gasteiger partial charge in [0.25, 0.3) is 5.91 Å². The molecular weight excluding hydrogens is 396 g/mol. The molecule has 1 aliphatic heterocycles. The van der Waals surface area contributed by atoms with Gasteiger partial charge in [-0.3, -0.25) is 9.78 Å². The molecule has 0 saturated heterocycles. The summed E-state index contributed by atoms with van der Waals surface area (Å²) >= 11 is 0. The molecule has 0 bridgehead atoms. The molecule has 0 saturated carbocycles. The van der Waals surface area contributed by atoms with Gasteiger partial charge in [0.05, 0.1) is 32.0 Å². The maximum atomic E-state index is 12.4. The number of rotatable bonds is 6. The second-order valence-corrected chi connectivity index (χ2v) is 7.10. The van der Waals surface area contributed by atoms with Gasteiger partial charge in [-0.15, -0.1) is 0 Å². The van der Waals surface area contributed by atoms with Gasteiger partial charge in [0.1, 0.15) is 17.6 Å². The highest BCUT2D eigenvalue weighted by molar-refractivity contribution is 5.94. The smallest absolute Gasteiger partial charge is 0.339 e. The first kappa shape index (κ1) is 20.4. The summed E-state index contributed by atoms with van der Waals surface area (Å²) in [7, 11) is 2.92. The Morgan fingerprint density at radius 1 is 1.06 bits per heavy atom. The molecule has 1 N–H and O–H groups in total. The van der Waals surface area contributed by atoms with E-state index in [0.717, 1.165) is 16.9 Å². The minimum atomic E-state index is -0.429. The van der Waals surface area contributed by atoms with E-state index in [-0.39, 0.29) is 12.0 Å². The first-order valence-corrected chi connectivity index (χ1v) is 9.84. The Bertz CT molecular complexity index is 1090. The van der Waals surface area contributed by atoms with Crippen LogP contribution in [0.3, 0.4) is 0 Å². The van der Waals surface area contributed by atoms with Crippen LogP contribution in [0, 0.1) is 0 Å². The van der Waals surface area contributed by atoms with Crippen LogP contribution in [0.5, 0.6) is 11.5 Å². The number of methoxy groups -OCH3 is 2. The minimum Gasteiger partial charge on any atom is -0.497 e. The number of hydrogen-bond donors (Lipinski definition) is 1. The molecule has 1 atom stereocenters. The molecule has 7 nitrogen and oxygen atoms in total. The largest absolute Gasteiger partial charge is 0.497 e. The number of fused-ring (bicyclic) bond motifs is 1. The SMILES string of the molecule is COC(=O)c1ccc(-c2cccc3c2O[C@H](CNC(=O)c2ccc(OC)cc2)C3)nc1. The number of nitrogens with one attached hydrogen (secondary N) is 1. The van der Waals surface area contributed by atoms with Gasteiger partial charge in [-0.05, 0) is 48.0 Å². The van der Waals surface area contributed by atoms with Crippen LogP contribution in [0.4, 0.5) is 0 Å². The molecule has 1 aliphatic rings. The number of esters is 1. The third-order valence-corrected chi connectivity index (χ3v) is 5.13. The van der Waals surface area contributed by atoms with Gasteiger partial charge in [0, 0.05) is 23.7 Å². The highest BCUT2D eigenvalue weighted by Crippen LogP contribution is 2.38. The Hall–Kier alpha value is -3.87. The number of para-hydroxylation sites is 1. The summed E-state index contributed by atoms with van der Waals surface area (Å²) in [4.78, 5) is 28.4. The van der Waals surface area contributed by atoms with Crippen molar-refractivity contribution in [3.05, 3.63) is 77.5 Å². The highest BCUT2D eigenvalue weighted by atomic mass is 16.5. The summed E-state index contributed by atoms with van der Waals surface area (Å²) in [5, 5.41) is 2.93. The summed E-state index contributed by atoms with van der Waals surface area (Å²) < 4.78 is 16.0. The summed E-state index contributed by atoms with van der Waals surface area (Å²) in [6.45, 7) is 0.383. The predicted octanol–water partition coefficient (Wildman–Crippen LogP) is 3.28. The number of carbonyl (C=O) groups excluding carboxylic acids is 2. The topological polar surface area (TPSA) is 86.8 Å². The van der Waals surface area contributed by atoms with E-state index in [4.69, 9.17) is 14.2 Å². The number of pyridine rings is 1. The van der Waals surface area contributed by atoms with Crippen LogP contribution >= 0.6 is 0 Å². The molecule has 2 aromatic carbocycles. The number of ether oxygens (including phenoxy) is 3. The first-order chi connectivity index (χ1) is 15.1. The monoisotopic (exact) mass is 418 g/mol. The summed E-state index contributed by atoms with van der Waals surface area (Å²) in [5.41, 5.74) is 3.55. The van der Waals surface area contributed by atoms with E-state index in [0.29, 0.717) is 35.5 Å². The average molecular weight is 418 g/mol. The molecule has 7 heteroatoms. The Morgan fingerprint density at radius 2 is 1.84 bits per heavy atom. The van der Waals surface area contributed by atoms with Gasteiger partial charge in [-0.1, -0.05) is 12.1 Å². The Kier molecular flexibility index (Phi) is 5.84. The van der Waals surface area contributed by atoms with Crippen molar-refractivity contribution in [3.63, 3.8) is 0 Å². The fourth-order valence-corrected chi connectivity index (χ4v) is 3.50. The third kappa shape index (κ3) is 4.35. The van der Waals surface area contributed by atoms with E-state index in [1.807, 2.05) is 18.2 Å². The number of carbonyl (C=O) groups is 2. The molecule has 0 unspecified atom stereocenters. The van der Waals surface area contributed by atoms with Crippen molar-refractivity contribution in [3.8, 4) is 22.8 Å². The molecule has 0 radical (unpaired) electrons. The highest BCUT2D eigenvalue weighted by Gasteiger charge is 2.26. The third-order valence-electron chi connectivity index (χ3n) is 5.13. The normalized spacial score (nSPS) is 14.3. The molecular formula is C24H22N2O5. The van der Waals surface area contributed by atoms with Crippen LogP contribution in [0.25, 0.3) is 11.3 Å². The number of benzene rings is 2. The van der Waals surface area contributed by atoms with Crippen LogP contribution in [0.1, 0.15) is 26.3 Å². The Morgan fingerprint density at radius 3 is 2.52 bits per heavy atom. The van der Waals surface area contributed by atoms with Gasteiger partial charge in [0.15, 0.2) is 0 Å². The van der Waals surface area contributed by atoms with Crippen LogP contribution in [-0.2, 0) is 11.2 Å². The van der Waals surface area contributed by atoms with E-state index in [1.165, 1.54) is 13.3 Å². The van der Waals surface area contributed by atoms with Crippen LogP contribution < -0.4 is 14.8 Å². The molecule has 0 fully saturated rings. The zero-order valence-electron chi connectivity index (χ0n) is 17.3. The Balaban J connectivity index is 1.43. The van der Waals surface area contributed by atoms with E-state index in [1.54, 1.807) is 43.5 Å². The van der Waals surface area contributed by atoms with E-state index in [9.17, 15) is 9.59 Å². The maximum Gasteiger partial charge on any atom is 0.339 e. The summed E-state index contributed by atoms with van der Waals surface area (Å²) in [6.07, 6.45) is 2.00. The molecule has 4 rings (SSSR count). The van der Waals surface area contributed by atoms with Gasteiger partial charge in [-0.25, -0.2) is 4.79 Å². The van der Waals surface area contributed by atoms with Crippen molar-refractivity contribution in [2.45, 2.75) is 12.5 Å². The molecule has 158 valence electrons. The predicted molar refractivity (Wildman–Crippen MR) is 114 cm³/mol. The molecule has 1 amide bonds. The van der Waals surface area contributed by atoms with Crippen molar-refractivity contribution in [1.29, 1.82) is 0 Å². The van der Waals surface area contributed by atoms with Crippen molar-refractivity contribution in [1.82, 2.24) is 10.3 Å². The van der Waals surface area contributed by atoms with Crippen LogP contribution in [0.2, 0.25) is 0 Å². The fraction of sp³-hybridized carbons (Fsp3) is 0.208. The quantitative estimate of drug-likeness (QED) is 0.619. The molecule has 0 aliphatic carbocycles. The van der Waals surface area contributed by atoms with Crippen molar-refractivity contribution < 1.29 is 23.8 Å². The van der Waals surface area contributed by atoms with E-state index >= 15 is 0 Å². The van der Waals surface area contributed by atoms with Crippen LogP contribution in [-0.4, -0.2) is 43.7 Å². The fourth-order valence-electron chi connectivity index (χ4n) is 3.50. The van der Waals surface area contributed by atoms with Gasteiger partial charge in [-0.2, -0.15) is 0 Å². The van der Waals surface area contributed by atoms with Crippen LogP contribution in [0.15, 0.2) is 60.8 Å². The van der Waals surface area contributed by atoms with E-state index in [2.05, 4.69) is 10.3 Å². The van der Waals surface area contributed by atoms with E-state index < -0.39 is 5.97 Å². The van der Waals surface area contributed by atoms with Crippen molar-refractivity contribution >= 4 is 11.9 Å². The lowest BCUT2D eigenvalue weighted by Gasteiger charge is -2.13. The minimum absolute atomic E-state index is 0.164. The summed E-state index contributed by atoms with van der Waals surface area (Å²) in [6, 6.07) is 16.3. The standard InChI is InChI=1S/C24H22N2O5/c1-29-18-9-6-15(7-10-18)23(27)26-14-19-12-16-4-3-5-20(22(16)31-19)21-11-8-17(13-25-21)24(28)30-2/h3-11,13,19H,12,14H2,1-2H3,(H,26,27)/t19-/m0/s1. The second-order valence-electron chi connectivity index (χ2n) is 7.10. The number of amides is 1. The first-order valence-electron chi connectivity index (χ1n) is 9.84. The van der Waals surface area contributed by atoms with Gasteiger partial charge >= 0.3 is 5.97 Å². The lowest BCUT2D eigenvalue weighted by Crippen LogP contribution is -2.34. The zero-order valence-corrected chi connectivity index (χ0v) is 17.3. The lowest BCUT2D eigenvalue weighted by atomic mass is 10.0. The zero-order chi connectivity index (χ0) is 21.8. The molecule has 0 spiro atoms. The molecule has 2 heterocycles. The van der Waals surface area contributed by atoms with Crippen molar-refractivity contribution in [2.24, 2.45) is 0 Å². The number of nitrogens with zero attached hydrogens (tertiary/aromatic N) is 1. The molecule has 1 aromatic heterocycles.